The topological polar surface area (TPSA) is 26.3 Å². The van der Waals surface area contributed by atoms with Crippen molar-refractivity contribution in [3.05, 3.63) is 0 Å². The number of carbonyl (C=O) groups is 1. The second-order valence-electron chi connectivity index (χ2n) is 9.76. The van der Waals surface area contributed by atoms with E-state index >= 15 is 0 Å². The first kappa shape index (κ1) is 16.0. The van der Waals surface area contributed by atoms with Crippen molar-refractivity contribution in [2.75, 3.05) is 0 Å². The summed E-state index contributed by atoms with van der Waals surface area (Å²) in [5.74, 6) is 5.50. The Morgan fingerprint density at radius 3 is 2.09 bits per heavy atom. The van der Waals surface area contributed by atoms with Gasteiger partial charge in [0.2, 0.25) is 0 Å². The highest BCUT2D eigenvalue weighted by Gasteiger charge is 2.52. The van der Waals surface area contributed by atoms with E-state index in [-0.39, 0.29) is 18.0 Å². The lowest BCUT2D eigenvalue weighted by molar-refractivity contribution is -0.174. The Morgan fingerprint density at radius 1 is 0.913 bits per heavy atom. The molecular formula is C21H34O2. The van der Waals surface area contributed by atoms with Crippen LogP contribution in [0.15, 0.2) is 0 Å². The first-order valence-corrected chi connectivity index (χ1v) is 10.2. The second-order valence-corrected chi connectivity index (χ2v) is 9.76. The van der Waals surface area contributed by atoms with E-state index in [2.05, 4.69) is 20.8 Å². The van der Waals surface area contributed by atoms with Crippen LogP contribution in [0.2, 0.25) is 0 Å². The minimum absolute atomic E-state index is 0.184. The lowest BCUT2D eigenvalue weighted by atomic mass is 9.52. The summed E-state index contributed by atoms with van der Waals surface area (Å²) in [4.78, 5) is 13.1. The van der Waals surface area contributed by atoms with Gasteiger partial charge >= 0.3 is 5.97 Å². The molecule has 0 unspecified atom stereocenters. The lowest BCUT2D eigenvalue weighted by Crippen LogP contribution is -2.49. The van der Waals surface area contributed by atoms with E-state index in [0.717, 1.165) is 18.3 Å². The molecule has 5 aliphatic rings. The van der Waals surface area contributed by atoms with Gasteiger partial charge in [0.15, 0.2) is 0 Å². The van der Waals surface area contributed by atoms with E-state index in [0.29, 0.717) is 29.6 Å². The van der Waals surface area contributed by atoms with E-state index in [1.165, 1.54) is 44.9 Å². The molecule has 3 atom stereocenters. The molecule has 130 valence electrons. The number of hydrogen-bond acceptors (Lipinski definition) is 2. The molecule has 2 nitrogen and oxygen atoms in total. The molecule has 2 heteroatoms. The summed E-state index contributed by atoms with van der Waals surface area (Å²) in [5.41, 5.74) is 0. The molecule has 0 N–H and O–H groups in total. The van der Waals surface area contributed by atoms with E-state index in [1.54, 1.807) is 0 Å². The van der Waals surface area contributed by atoms with Crippen LogP contribution in [-0.2, 0) is 9.53 Å². The van der Waals surface area contributed by atoms with E-state index in [1.807, 2.05) is 0 Å². The molecule has 5 fully saturated rings. The van der Waals surface area contributed by atoms with Crippen molar-refractivity contribution in [2.24, 2.45) is 47.3 Å². The number of carbonyl (C=O) groups excluding carboxylic acids is 1. The predicted molar refractivity (Wildman–Crippen MR) is 91.8 cm³/mol. The SMILES string of the molecule is CC(C)[C@H]1CC[C@@H](C)C[C@@H]1OC(=O)C1C2CC3CC(C2)CC1C3. The highest BCUT2D eigenvalue weighted by molar-refractivity contribution is 5.74. The minimum Gasteiger partial charge on any atom is -0.462 e. The maximum absolute atomic E-state index is 13.1. The van der Waals surface area contributed by atoms with Crippen molar-refractivity contribution in [1.29, 1.82) is 0 Å². The van der Waals surface area contributed by atoms with Gasteiger partial charge in [0.05, 0.1) is 5.92 Å². The van der Waals surface area contributed by atoms with Crippen molar-refractivity contribution in [3.63, 3.8) is 0 Å². The molecule has 5 rings (SSSR count). The van der Waals surface area contributed by atoms with E-state index < -0.39 is 0 Å². The second kappa shape index (κ2) is 6.08. The van der Waals surface area contributed by atoms with E-state index in [4.69, 9.17) is 4.74 Å². The fourth-order valence-corrected chi connectivity index (χ4v) is 6.79. The molecule has 5 aliphatic carbocycles. The summed E-state index contributed by atoms with van der Waals surface area (Å²) >= 11 is 0. The number of ether oxygens (including phenoxy) is 1. The quantitative estimate of drug-likeness (QED) is 0.680. The maximum Gasteiger partial charge on any atom is 0.309 e. The molecule has 5 saturated carbocycles. The van der Waals surface area contributed by atoms with Crippen LogP contribution >= 0.6 is 0 Å². The zero-order chi connectivity index (χ0) is 16.1. The molecule has 0 heterocycles. The van der Waals surface area contributed by atoms with Gasteiger partial charge in [-0.05, 0) is 86.4 Å². The third-order valence-corrected chi connectivity index (χ3v) is 7.73. The Labute approximate surface area is 141 Å². The first-order valence-electron chi connectivity index (χ1n) is 10.2. The standard InChI is InChI=1S/C21H34O2/c1-12(2)18-5-4-13(3)6-19(18)23-21(22)20-16-8-14-7-15(10-16)11-17(20)9-14/h12-20H,4-11H2,1-3H3/t13-,14?,15?,16?,17?,18-,19+,20?/m1/s1. The van der Waals surface area contributed by atoms with E-state index in [9.17, 15) is 4.79 Å². The van der Waals surface area contributed by atoms with Crippen LogP contribution in [0.5, 0.6) is 0 Å². The van der Waals surface area contributed by atoms with Gasteiger partial charge in [0.1, 0.15) is 6.10 Å². The third kappa shape index (κ3) is 2.96. The Kier molecular flexibility index (Phi) is 4.22. The van der Waals surface area contributed by atoms with Crippen molar-refractivity contribution in [1.82, 2.24) is 0 Å². The summed E-state index contributed by atoms with van der Waals surface area (Å²) < 4.78 is 6.22. The Balaban J connectivity index is 1.44. The smallest absolute Gasteiger partial charge is 0.309 e. The number of hydrogen-bond donors (Lipinski definition) is 0. The summed E-state index contributed by atoms with van der Waals surface area (Å²) in [6, 6.07) is 0. The minimum atomic E-state index is 0.184. The largest absolute Gasteiger partial charge is 0.462 e. The third-order valence-electron chi connectivity index (χ3n) is 7.73. The highest BCUT2D eigenvalue weighted by atomic mass is 16.5. The molecule has 4 bridgehead atoms. The van der Waals surface area contributed by atoms with Crippen LogP contribution in [0.3, 0.4) is 0 Å². The Hall–Kier alpha value is -0.530. The summed E-state index contributed by atoms with van der Waals surface area (Å²) in [5, 5.41) is 0. The molecular weight excluding hydrogens is 284 g/mol. The average molecular weight is 319 g/mol. The highest BCUT2D eigenvalue weighted by Crippen LogP contribution is 2.57. The van der Waals surface area contributed by atoms with Gasteiger partial charge in [0.25, 0.3) is 0 Å². The van der Waals surface area contributed by atoms with Gasteiger partial charge < -0.3 is 4.74 Å². The molecule has 0 aliphatic heterocycles. The van der Waals surface area contributed by atoms with Crippen LogP contribution in [0.1, 0.15) is 72.1 Å². The number of esters is 1. The van der Waals surface area contributed by atoms with Crippen LogP contribution < -0.4 is 0 Å². The Bertz CT molecular complexity index is 427. The molecule has 0 spiro atoms. The summed E-state index contributed by atoms with van der Waals surface area (Å²) in [7, 11) is 0. The van der Waals surface area contributed by atoms with Gasteiger partial charge in [-0.2, -0.15) is 0 Å². The maximum atomic E-state index is 13.1. The van der Waals surface area contributed by atoms with Crippen molar-refractivity contribution in [2.45, 2.75) is 78.2 Å². The average Bonchev–Trinajstić information content (AvgIpc) is 2.45. The zero-order valence-electron chi connectivity index (χ0n) is 15.2. The first-order chi connectivity index (χ1) is 11.0. The molecule has 0 aromatic carbocycles. The van der Waals surface area contributed by atoms with Crippen molar-refractivity contribution in [3.8, 4) is 0 Å². The van der Waals surface area contributed by atoms with Gasteiger partial charge in [0, 0.05) is 0 Å². The van der Waals surface area contributed by atoms with Gasteiger partial charge in [-0.1, -0.05) is 27.2 Å². The normalized spacial score (nSPS) is 48.7. The molecule has 23 heavy (non-hydrogen) atoms. The number of rotatable bonds is 3. The lowest BCUT2D eigenvalue weighted by Gasteiger charge is -2.53. The predicted octanol–water partition coefficient (Wildman–Crippen LogP) is 5.06. The van der Waals surface area contributed by atoms with Gasteiger partial charge in [-0.15, -0.1) is 0 Å². The van der Waals surface area contributed by atoms with Crippen LogP contribution in [-0.4, -0.2) is 12.1 Å². The monoisotopic (exact) mass is 318 g/mol. The molecule has 0 saturated heterocycles. The van der Waals surface area contributed by atoms with Gasteiger partial charge in [-0.25, -0.2) is 0 Å². The van der Waals surface area contributed by atoms with Gasteiger partial charge in [-0.3, -0.25) is 4.79 Å². The summed E-state index contributed by atoms with van der Waals surface area (Å²) in [6.07, 6.45) is 10.5. The molecule has 0 aromatic heterocycles. The molecule has 0 amide bonds. The molecule has 0 aromatic rings. The molecule has 0 radical (unpaired) electrons. The summed E-state index contributed by atoms with van der Waals surface area (Å²) in [6.45, 7) is 6.91. The van der Waals surface area contributed by atoms with Crippen LogP contribution in [0, 0.1) is 47.3 Å². The van der Waals surface area contributed by atoms with Crippen LogP contribution in [0.4, 0.5) is 0 Å². The van der Waals surface area contributed by atoms with Crippen LogP contribution in [0.25, 0.3) is 0 Å². The fraction of sp³-hybridized carbons (Fsp3) is 0.952. The Morgan fingerprint density at radius 2 is 1.52 bits per heavy atom. The van der Waals surface area contributed by atoms with Crippen molar-refractivity contribution < 1.29 is 9.53 Å². The zero-order valence-corrected chi connectivity index (χ0v) is 15.2. The van der Waals surface area contributed by atoms with Crippen molar-refractivity contribution >= 4 is 5.97 Å². The fourth-order valence-electron chi connectivity index (χ4n) is 6.79.